The molecule has 1 atom stereocenters. The lowest BCUT2D eigenvalue weighted by Crippen LogP contribution is -2.46. The van der Waals surface area contributed by atoms with Crippen molar-refractivity contribution in [3.05, 3.63) is 35.6 Å². The smallest absolute Gasteiger partial charge is 0.233 e. The maximum absolute atomic E-state index is 14.1. The van der Waals surface area contributed by atoms with E-state index in [1.54, 1.807) is 30.1 Å². The second kappa shape index (κ2) is 7.17. The van der Waals surface area contributed by atoms with Crippen LogP contribution in [0.25, 0.3) is 0 Å². The zero-order valence-electron chi connectivity index (χ0n) is 14.1. The molecule has 1 amide bonds. The maximum atomic E-state index is 14.1. The van der Waals surface area contributed by atoms with E-state index >= 15 is 0 Å². The Hall–Kier alpha value is -1.50. The van der Waals surface area contributed by atoms with Gasteiger partial charge in [-0.1, -0.05) is 18.2 Å². The Morgan fingerprint density at radius 2 is 2.04 bits per heavy atom. The minimum atomic E-state index is -0.737. The zero-order chi connectivity index (χ0) is 17.2. The van der Waals surface area contributed by atoms with E-state index in [0.29, 0.717) is 38.2 Å². The molecule has 1 aromatic rings. The molecule has 0 spiro atoms. The summed E-state index contributed by atoms with van der Waals surface area (Å²) in [6.45, 7) is 3.73. The molecule has 1 unspecified atom stereocenters. The van der Waals surface area contributed by atoms with Gasteiger partial charge in [-0.25, -0.2) is 4.39 Å². The first-order valence-electron chi connectivity index (χ1n) is 8.52. The van der Waals surface area contributed by atoms with Gasteiger partial charge in [0.2, 0.25) is 5.91 Å². The van der Waals surface area contributed by atoms with Gasteiger partial charge >= 0.3 is 0 Å². The third-order valence-electron chi connectivity index (χ3n) is 4.95. The van der Waals surface area contributed by atoms with Crippen LogP contribution >= 0.6 is 0 Å². The van der Waals surface area contributed by atoms with Crippen molar-refractivity contribution in [3.63, 3.8) is 0 Å². The van der Waals surface area contributed by atoms with Gasteiger partial charge in [-0.2, -0.15) is 0 Å². The van der Waals surface area contributed by atoms with Crippen molar-refractivity contribution in [2.75, 3.05) is 46.4 Å². The molecule has 0 bridgehead atoms. The van der Waals surface area contributed by atoms with E-state index in [4.69, 9.17) is 4.74 Å². The van der Waals surface area contributed by atoms with Gasteiger partial charge in [0.15, 0.2) is 0 Å². The lowest BCUT2D eigenvalue weighted by atomic mass is 9.93. The standard InChI is InChI=1S/C18H25FN2O3/c1-20(12-14(22)13-21-8-10-24-11-9-21)17(23)18(6-7-18)15-4-2-3-5-16(15)19/h2-5,14,22H,6-13H2,1H3. The minimum Gasteiger partial charge on any atom is -0.390 e. The van der Waals surface area contributed by atoms with Gasteiger partial charge < -0.3 is 14.7 Å². The molecule has 1 aliphatic carbocycles. The molecule has 1 heterocycles. The molecule has 132 valence electrons. The van der Waals surface area contributed by atoms with Crippen LogP contribution in [0.1, 0.15) is 18.4 Å². The fraction of sp³-hybridized carbons (Fsp3) is 0.611. The van der Waals surface area contributed by atoms with Gasteiger partial charge in [0, 0.05) is 38.8 Å². The fourth-order valence-electron chi connectivity index (χ4n) is 3.48. The van der Waals surface area contributed by atoms with Crippen LogP contribution in [-0.2, 0) is 14.9 Å². The number of carbonyl (C=O) groups is 1. The van der Waals surface area contributed by atoms with E-state index in [9.17, 15) is 14.3 Å². The summed E-state index contributed by atoms with van der Waals surface area (Å²) in [7, 11) is 1.69. The predicted octanol–water partition coefficient (Wildman–Crippen LogP) is 1.01. The normalized spacial score (nSPS) is 21.3. The van der Waals surface area contributed by atoms with E-state index < -0.39 is 11.5 Å². The topological polar surface area (TPSA) is 53.0 Å². The number of benzene rings is 1. The number of nitrogens with zero attached hydrogens (tertiary/aromatic N) is 2. The van der Waals surface area contributed by atoms with E-state index in [2.05, 4.69) is 4.90 Å². The Morgan fingerprint density at radius 3 is 2.67 bits per heavy atom. The van der Waals surface area contributed by atoms with Crippen molar-refractivity contribution < 1.29 is 19.0 Å². The van der Waals surface area contributed by atoms with Crippen LogP contribution in [0.5, 0.6) is 0 Å². The van der Waals surface area contributed by atoms with Crippen LogP contribution < -0.4 is 0 Å². The Morgan fingerprint density at radius 1 is 1.38 bits per heavy atom. The van der Waals surface area contributed by atoms with Crippen molar-refractivity contribution in [1.82, 2.24) is 9.80 Å². The van der Waals surface area contributed by atoms with Crippen LogP contribution in [0.3, 0.4) is 0 Å². The van der Waals surface area contributed by atoms with Crippen molar-refractivity contribution in [1.29, 1.82) is 0 Å². The Bertz CT molecular complexity index is 585. The molecule has 0 aromatic heterocycles. The number of likely N-dealkylation sites (N-methyl/N-ethyl adjacent to an activating group) is 1. The summed E-state index contributed by atoms with van der Waals surface area (Å²) in [5.74, 6) is -0.431. The third-order valence-corrected chi connectivity index (χ3v) is 4.95. The first kappa shape index (κ1) is 17.3. The molecule has 5 nitrogen and oxygen atoms in total. The molecule has 1 saturated carbocycles. The Balaban J connectivity index is 1.59. The molecule has 24 heavy (non-hydrogen) atoms. The molecular weight excluding hydrogens is 311 g/mol. The summed E-state index contributed by atoms with van der Waals surface area (Å²) in [6, 6.07) is 6.49. The highest BCUT2D eigenvalue weighted by Crippen LogP contribution is 2.50. The van der Waals surface area contributed by atoms with E-state index in [-0.39, 0.29) is 18.3 Å². The van der Waals surface area contributed by atoms with Crippen molar-refractivity contribution in [3.8, 4) is 0 Å². The molecule has 1 N–H and O–H groups in total. The zero-order valence-corrected chi connectivity index (χ0v) is 14.1. The van der Waals surface area contributed by atoms with Crippen LogP contribution in [0.15, 0.2) is 24.3 Å². The summed E-state index contributed by atoms with van der Waals surface area (Å²) in [4.78, 5) is 16.5. The number of amides is 1. The maximum Gasteiger partial charge on any atom is 0.233 e. The molecule has 6 heteroatoms. The van der Waals surface area contributed by atoms with Gasteiger partial charge in [0.05, 0.1) is 24.7 Å². The Kier molecular flexibility index (Phi) is 5.18. The lowest BCUT2D eigenvalue weighted by molar-refractivity contribution is -0.134. The number of halogens is 1. The first-order valence-corrected chi connectivity index (χ1v) is 8.52. The average Bonchev–Trinajstić information content (AvgIpc) is 3.37. The monoisotopic (exact) mass is 336 g/mol. The summed E-state index contributed by atoms with van der Waals surface area (Å²) >= 11 is 0. The van der Waals surface area contributed by atoms with Crippen LogP contribution in [0, 0.1) is 5.82 Å². The number of rotatable bonds is 6. The molecule has 1 aliphatic heterocycles. The number of β-amino-alcohol motifs (C(OH)–C–C–N with tert-alkyl or cyclic N) is 1. The number of morpholine rings is 1. The summed E-state index contributed by atoms with van der Waals surface area (Å²) in [6.07, 6.45) is 0.710. The van der Waals surface area contributed by atoms with Crippen LogP contribution in [-0.4, -0.2) is 73.4 Å². The number of aliphatic hydroxyl groups is 1. The van der Waals surface area contributed by atoms with Gasteiger partial charge in [-0.3, -0.25) is 9.69 Å². The molecule has 0 radical (unpaired) electrons. The average molecular weight is 336 g/mol. The number of ether oxygens (including phenoxy) is 1. The van der Waals surface area contributed by atoms with Gasteiger partial charge in [-0.15, -0.1) is 0 Å². The summed E-state index contributed by atoms with van der Waals surface area (Å²) in [5, 5.41) is 10.3. The third kappa shape index (κ3) is 3.61. The number of carbonyl (C=O) groups excluding carboxylic acids is 1. The van der Waals surface area contributed by atoms with E-state index in [1.165, 1.54) is 6.07 Å². The largest absolute Gasteiger partial charge is 0.390 e. The van der Waals surface area contributed by atoms with E-state index in [1.807, 2.05) is 0 Å². The molecule has 2 aliphatic rings. The molecule has 2 fully saturated rings. The SMILES string of the molecule is CN(CC(O)CN1CCOCC1)C(=O)C1(c2ccccc2F)CC1. The van der Waals surface area contributed by atoms with Crippen molar-refractivity contribution in [2.24, 2.45) is 0 Å². The highest BCUT2D eigenvalue weighted by molar-refractivity contribution is 5.91. The highest BCUT2D eigenvalue weighted by atomic mass is 19.1. The van der Waals surface area contributed by atoms with Crippen LogP contribution in [0.2, 0.25) is 0 Å². The number of hydrogen-bond donors (Lipinski definition) is 1. The Labute approximate surface area is 142 Å². The minimum absolute atomic E-state index is 0.103. The number of hydrogen-bond acceptors (Lipinski definition) is 4. The predicted molar refractivity (Wildman–Crippen MR) is 88.2 cm³/mol. The van der Waals surface area contributed by atoms with Gasteiger partial charge in [-0.05, 0) is 18.9 Å². The second-order valence-electron chi connectivity index (χ2n) is 6.81. The molecular formula is C18H25FN2O3. The van der Waals surface area contributed by atoms with Crippen molar-refractivity contribution in [2.45, 2.75) is 24.4 Å². The molecule has 1 saturated heterocycles. The summed E-state index contributed by atoms with van der Waals surface area (Å²) in [5.41, 5.74) is -0.261. The van der Waals surface area contributed by atoms with E-state index in [0.717, 1.165) is 13.1 Å². The van der Waals surface area contributed by atoms with Gasteiger partial charge in [0.1, 0.15) is 5.82 Å². The van der Waals surface area contributed by atoms with Gasteiger partial charge in [0.25, 0.3) is 0 Å². The first-order chi connectivity index (χ1) is 11.5. The molecule has 1 aromatic carbocycles. The fourth-order valence-corrected chi connectivity index (χ4v) is 3.48. The highest BCUT2D eigenvalue weighted by Gasteiger charge is 2.53. The van der Waals surface area contributed by atoms with Crippen molar-refractivity contribution >= 4 is 5.91 Å². The molecule has 3 rings (SSSR count). The second-order valence-corrected chi connectivity index (χ2v) is 6.81. The summed E-state index contributed by atoms with van der Waals surface area (Å²) < 4.78 is 19.4. The lowest BCUT2D eigenvalue weighted by Gasteiger charge is -2.31. The quantitative estimate of drug-likeness (QED) is 0.842. The number of aliphatic hydroxyl groups excluding tert-OH is 1. The van der Waals surface area contributed by atoms with Crippen LogP contribution in [0.4, 0.5) is 4.39 Å².